The molecule has 3 rings (SSSR count). The Kier molecular flexibility index (Phi) is 3.20. The fourth-order valence-corrected chi connectivity index (χ4v) is 2.14. The van der Waals surface area contributed by atoms with Crippen LogP contribution in [0.5, 0.6) is 5.88 Å². The minimum atomic E-state index is -0.747. The molecule has 0 spiro atoms. The van der Waals surface area contributed by atoms with Crippen molar-refractivity contribution < 1.29 is 13.9 Å². The van der Waals surface area contributed by atoms with E-state index in [-0.39, 0.29) is 5.88 Å². The zero-order chi connectivity index (χ0) is 13.3. The molecule has 19 heavy (non-hydrogen) atoms. The van der Waals surface area contributed by atoms with E-state index in [2.05, 4.69) is 25.9 Å². The lowest BCUT2D eigenvalue weighted by Crippen LogP contribution is -2.52. The fraction of sp³-hybridized carbons (Fsp3) is 0.231. The van der Waals surface area contributed by atoms with E-state index in [1.165, 1.54) is 12.3 Å². The Bertz CT molecular complexity index is 590. The number of pyridine rings is 2. The van der Waals surface area contributed by atoms with E-state index < -0.39 is 11.4 Å². The summed E-state index contributed by atoms with van der Waals surface area (Å²) in [5.74, 6) is -0.561. The standard InChI is InChI=1S/C13H10BrFN2O2/c14-9-5-10(15)12(17-6-9)19-13(7-18-8-13)11-3-1-2-4-16-11/h1-6H,7-8H2. The summed E-state index contributed by atoms with van der Waals surface area (Å²) in [5, 5.41) is 0. The van der Waals surface area contributed by atoms with Gasteiger partial charge in [0.25, 0.3) is 5.88 Å². The zero-order valence-electron chi connectivity index (χ0n) is 9.85. The SMILES string of the molecule is Fc1cc(Br)cnc1OC1(c2ccccn2)COC1. The summed E-state index contributed by atoms with van der Waals surface area (Å²) < 4.78 is 25.3. The van der Waals surface area contributed by atoms with Crippen molar-refractivity contribution in [3.8, 4) is 5.88 Å². The number of aromatic nitrogens is 2. The van der Waals surface area contributed by atoms with Gasteiger partial charge in [0, 0.05) is 16.9 Å². The molecule has 0 radical (unpaired) electrons. The lowest BCUT2D eigenvalue weighted by Gasteiger charge is -2.40. The van der Waals surface area contributed by atoms with Crippen molar-refractivity contribution in [2.75, 3.05) is 13.2 Å². The second kappa shape index (κ2) is 4.86. The number of ether oxygens (including phenoxy) is 2. The van der Waals surface area contributed by atoms with E-state index in [1.54, 1.807) is 6.20 Å². The van der Waals surface area contributed by atoms with Crippen LogP contribution >= 0.6 is 15.9 Å². The Morgan fingerprint density at radius 3 is 2.74 bits per heavy atom. The number of hydrogen-bond acceptors (Lipinski definition) is 4. The molecule has 1 aliphatic heterocycles. The van der Waals surface area contributed by atoms with Crippen LogP contribution in [0.3, 0.4) is 0 Å². The predicted molar refractivity (Wildman–Crippen MR) is 69.3 cm³/mol. The van der Waals surface area contributed by atoms with Crippen LogP contribution in [-0.4, -0.2) is 23.2 Å². The predicted octanol–water partition coefficient (Wildman–Crippen LogP) is 2.68. The highest BCUT2D eigenvalue weighted by molar-refractivity contribution is 9.10. The largest absolute Gasteiger partial charge is 0.457 e. The van der Waals surface area contributed by atoms with E-state index in [0.29, 0.717) is 23.4 Å². The lowest BCUT2D eigenvalue weighted by atomic mass is 9.97. The molecule has 0 saturated carbocycles. The number of halogens is 2. The molecule has 6 heteroatoms. The summed E-state index contributed by atoms with van der Waals surface area (Å²) in [5.41, 5.74) is -0.0338. The number of nitrogens with zero attached hydrogens (tertiary/aromatic N) is 2. The highest BCUT2D eigenvalue weighted by Gasteiger charge is 2.45. The second-order valence-corrected chi connectivity index (χ2v) is 5.16. The third-order valence-corrected chi connectivity index (χ3v) is 3.30. The van der Waals surface area contributed by atoms with Gasteiger partial charge in [-0.1, -0.05) is 6.07 Å². The van der Waals surface area contributed by atoms with Crippen LogP contribution in [0.4, 0.5) is 4.39 Å². The lowest BCUT2D eigenvalue weighted by molar-refractivity contribution is -0.172. The third kappa shape index (κ3) is 2.33. The molecule has 1 aliphatic rings. The van der Waals surface area contributed by atoms with Crippen LogP contribution in [0, 0.1) is 5.82 Å². The first-order valence-electron chi connectivity index (χ1n) is 5.69. The highest BCUT2D eigenvalue weighted by atomic mass is 79.9. The Labute approximate surface area is 117 Å². The molecule has 0 bridgehead atoms. The molecule has 2 aromatic rings. The maximum atomic E-state index is 13.8. The Morgan fingerprint density at radius 1 is 1.32 bits per heavy atom. The second-order valence-electron chi connectivity index (χ2n) is 4.24. The molecule has 4 nitrogen and oxygen atoms in total. The molecule has 1 fully saturated rings. The maximum absolute atomic E-state index is 13.8. The monoisotopic (exact) mass is 324 g/mol. The molecule has 0 unspecified atom stereocenters. The van der Waals surface area contributed by atoms with E-state index >= 15 is 0 Å². The minimum absolute atomic E-state index is 0.0443. The van der Waals surface area contributed by atoms with E-state index in [1.807, 2.05) is 18.2 Å². The topological polar surface area (TPSA) is 44.2 Å². The molecule has 1 saturated heterocycles. The van der Waals surface area contributed by atoms with Gasteiger partial charge in [-0.25, -0.2) is 9.37 Å². The Hall–Kier alpha value is -1.53. The molecular formula is C13H10BrFN2O2. The Morgan fingerprint density at radius 2 is 2.16 bits per heavy atom. The molecule has 0 aromatic carbocycles. The van der Waals surface area contributed by atoms with Gasteiger partial charge in [0.2, 0.25) is 0 Å². The van der Waals surface area contributed by atoms with Crippen LogP contribution in [-0.2, 0) is 10.3 Å². The van der Waals surface area contributed by atoms with Gasteiger partial charge >= 0.3 is 0 Å². The summed E-state index contributed by atoms with van der Waals surface area (Å²) in [6.07, 6.45) is 3.16. The van der Waals surface area contributed by atoms with Gasteiger partial charge in [-0.3, -0.25) is 4.98 Å². The number of hydrogen-bond donors (Lipinski definition) is 0. The average Bonchev–Trinajstić information content (AvgIpc) is 2.37. The van der Waals surface area contributed by atoms with Crippen LogP contribution in [0.25, 0.3) is 0 Å². The maximum Gasteiger partial charge on any atom is 0.251 e. The van der Waals surface area contributed by atoms with Crippen molar-refractivity contribution in [3.05, 3.63) is 52.6 Å². The van der Waals surface area contributed by atoms with Gasteiger partial charge in [-0.2, -0.15) is 0 Å². The van der Waals surface area contributed by atoms with Gasteiger partial charge < -0.3 is 9.47 Å². The first-order chi connectivity index (χ1) is 9.20. The molecule has 0 N–H and O–H groups in total. The molecule has 98 valence electrons. The van der Waals surface area contributed by atoms with Crippen LogP contribution < -0.4 is 4.74 Å². The smallest absolute Gasteiger partial charge is 0.251 e. The van der Waals surface area contributed by atoms with E-state index in [4.69, 9.17) is 9.47 Å². The quantitative estimate of drug-likeness (QED) is 0.870. The molecule has 3 heterocycles. The molecule has 2 aromatic heterocycles. The first-order valence-corrected chi connectivity index (χ1v) is 6.48. The molecular weight excluding hydrogens is 315 g/mol. The summed E-state index contributed by atoms with van der Waals surface area (Å²) in [7, 11) is 0. The van der Waals surface area contributed by atoms with Crippen LogP contribution in [0.2, 0.25) is 0 Å². The van der Waals surface area contributed by atoms with Gasteiger partial charge in [-0.15, -0.1) is 0 Å². The van der Waals surface area contributed by atoms with Crippen molar-refractivity contribution in [1.29, 1.82) is 0 Å². The summed E-state index contributed by atoms with van der Waals surface area (Å²) in [4.78, 5) is 8.19. The average molecular weight is 325 g/mol. The van der Waals surface area contributed by atoms with Gasteiger partial charge in [0.05, 0.1) is 18.9 Å². The van der Waals surface area contributed by atoms with E-state index in [9.17, 15) is 4.39 Å². The van der Waals surface area contributed by atoms with Crippen LogP contribution in [0.15, 0.2) is 41.1 Å². The normalized spacial score (nSPS) is 16.7. The molecule has 0 amide bonds. The van der Waals surface area contributed by atoms with Crippen molar-refractivity contribution in [1.82, 2.24) is 9.97 Å². The number of rotatable bonds is 3. The van der Waals surface area contributed by atoms with Gasteiger partial charge in [-0.05, 0) is 34.1 Å². The summed E-state index contributed by atoms with van der Waals surface area (Å²) >= 11 is 3.16. The highest BCUT2D eigenvalue weighted by Crippen LogP contribution is 2.34. The van der Waals surface area contributed by atoms with Gasteiger partial charge in [0.1, 0.15) is 0 Å². The minimum Gasteiger partial charge on any atom is -0.457 e. The third-order valence-electron chi connectivity index (χ3n) is 2.87. The van der Waals surface area contributed by atoms with Crippen molar-refractivity contribution in [2.24, 2.45) is 0 Å². The van der Waals surface area contributed by atoms with Crippen LogP contribution in [0.1, 0.15) is 5.69 Å². The molecule has 0 aliphatic carbocycles. The van der Waals surface area contributed by atoms with Crippen molar-refractivity contribution >= 4 is 15.9 Å². The first kappa shape index (κ1) is 12.5. The fourth-order valence-electron chi connectivity index (χ4n) is 1.84. The summed E-state index contributed by atoms with van der Waals surface area (Å²) in [6.45, 7) is 0.669. The van der Waals surface area contributed by atoms with Gasteiger partial charge in [0.15, 0.2) is 11.4 Å². The van der Waals surface area contributed by atoms with E-state index in [0.717, 1.165) is 0 Å². The van der Waals surface area contributed by atoms with Crippen molar-refractivity contribution in [2.45, 2.75) is 5.60 Å². The zero-order valence-corrected chi connectivity index (χ0v) is 11.4. The molecule has 0 atom stereocenters. The Balaban J connectivity index is 1.92. The van der Waals surface area contributed by atoms with Crippen molar-refractivity contribution in [3.63, 3.8) is 0 Å². The summed E-state index contributed by atoms with van der Waals surface area (Å²) in [6, 6.07) is 6.82.